The van der Waals surface area contributed by atoms with E-state index in [0.29, 0.717) is 24.7 Å². The van der Waals surface area contributed by atoms with Crippen LogP contribution in [0, 0.1) is 0 Å². The maximum atomic E-state index is 12.9. The van der Waals surface area contributed by atoms with Gasteiger partial charge in [0, 0.05) is 35.8 Å². The van der Waals surface area contributed by atoms with Gasteiger partial charge in [0.15, 0.2) is 5.78 Å². The summed E-state index contributed by atoms with van der Waals surface area (Å²) < 4.78 is 10.6. The maximum absolute atomic E-state index is 12.9. The second kappa shape index (κ2) is 9.49. The fraction of sp³-hybridized carbons (Fsp3) is 0.208. The van der Waals surface area contributed by atoms with Crippen molar-refractivity contribution in [2.45, 2.75) is 0 Å². The van der Waals surface area contributed by atoms with E-state index in [0.717, 1.165) is 29.7 Å². The molecule has 1 aliphatic heterocycles. The molecule has 32 heavy (non-hydrogen) atoms. The summed E-state index contributed by atoms with van der Waals surface area (Å²) in [6.07, 6.45) is 1.78. The zero-order valence-corrected chi connectivity index (χ0v) is 17.6. The number of nitrogens with zero attached hydrogens (tertiary/aromatic N) is 2. The van der Waals surface area contributed by atoms with Crippen molar-refractivity contribution in [1.82, 2.24) is 4.98 Å². The van der Waals surface area contributed by atoms with E-state index in [2.05, 4.69) is 15.2 Å². The quantitative estimate of drug-likeness (QED) is 0.446. The minimum atomic E-state index is -1.26. The molecule has 1 aromatic heterocycles. The first-order valence-corrected chi connectivity index (χ1v) is 10.2. The standard InChI is InChI=1S/C24H23N3O5/c1-31-17-7-8-19(21(15-17)26-24(29)30)23(28)9-6-16-14-22(27-10-12-32-13-11-27)18-4-2-3-5-20(18)25-16/h2-9,14-15,26H,10-13H2,1H3,(H,29,30). The molecule has 0 radical (unpaired) electrons. The predicted molar refractivity (Wildman–Crippen MR) is 123 cm³/mol. The number of pyridine rings is 1. The molecule has 8 nitrogen and oxygen atoms in total. The van der Waals surface area contributed by atoms with Gasteiger partial charge in [-0.25, -0.2) is 9.78 Å². The van der Waals surface area contributed by atoms with E-state index in [1.165, 1.54) is 25.3 Å². The third-order valence-electron chi connectivity index (χ3n) is 5.21. The van der Waals surface area contributed by atoms with Gasteiger partial charge in [0.1, 0.15) is 5.75 Å². The number of benzene rings is 2. The molecule has 8 heteroatoms. The van der Waals surface area contributed by atoms with Crippen LogP contribution in [-0.4, -0.2) is 55.4 Å². The van der Waals surface area contributed by atoms with Gasteiger partial charge in [0.05, 0.1) is 37.2 Å². The third kappa shape index (κ3) is 4.70. The van der Waals surface area contributed by atoms with E-state index in [1.54, 1.807) is 12.1 Å². The van der Waals surface area contributed by atoms with Gasteiger partial charge >= 0.3 is 6.09 Å². The van der Waals surface area contributed by atoms with Gasteiger partial charge in [-0.05, 0) is 36.4 Å². The highest BCUT2D eigenvalue weighted by Crippen LogP contribution is 2.28. The van der Waals surface area contributed by atoms with Crippen LogP contribution in [0.2, 0.25) is 0 Å². The van der Waals surface area contributed by atoms with Crippen LogP contribution in [-0.2, 0) is 4.74 Å². The van der Waals surface area contributed by atoms with E-state index >= 15 is 0 Å². The average Bonchev–Trinajstić information content (AvgIpc) is 2.82. The fourth-order valence-corrected chi connectivity index (χ4v) is 3.66. The number of methoxy groups -OCH3 is 1. The minimum Gasteiger partial charge on any atom is -0.497 e. The van der Waals surface area contributed by atoms with Crippen molar-refractivity contribution in [3.63, 3.8) is 0 Å². The maximum Gasteiger partial charge on any atom is 0.409 e. The summed E-state index contributed by atoms with van der Waals surface area (Å²) in [5, 5.41) is 12.4. The van der Waals surface area contributed by atoms with E-state index in [9.17, 15) is 9.59 Å². The minimum absolute atomic E-state index is 0.159. The molecular weight excluding hydrogens is 410 g/mol. The van der Waals surface area contributed by atoms with Crippen LogP contribution < -0.4 is 15.0 Å². The molecule has 2 N–H and O–H groups in total. The lowest BCUT2D eigenvalue weighted by Crippen LogP contribution is -2.36. The van der Waals surface area contributed by atoms with E-state index < -0.39 is 6.09 Å². The van der Waals surface area contributed by atoms with Crippen molar-refractivity contribution in [2.75, 3.05) is 43.6 Å². The van der Waals surface area contributed by atoms with Crippen molar-refractivity contribution < 1.29 is 24.2 Å². The number of para-hydroxylation sites is 1. The van der Waals surface area contributed by atoms with Gasteiger partial charge < -0.3 is 19.5 Å². The second-order valence-corrected chi connectivity index (χ2v) is 7.22. The van der Waals surface area contributed by atoms with Crippen molar-refractivity contribution >= 4 is 40.2 Å². The summed E-state index contributed by atoms with van der Waals surface area (Å²) >= 11 is 0. The molecule has 0 atom stereocenters. The molecule has 0 unspecified atom stereocenters. The number of amides is 1. The number of carbonyl (C=O) groups is 2. The Balaban J connectivity index is 1.67. The Labute approximate surface area is 185 Å². The Kier molecular flexibility index (Phi) is 6.32. The summed E-state index contributed by atoms with van der Waals surface area (Å²) in [5.74, 6) is 0.0971. The van der Waals surface area contributed by atoms with Crippen molar-refractivity contribution in [2.24, 2.45) is 0 Å². The number of allylic oxidation sites excluding steroid dienone is 1. The average molecular weight is 433 g/mol. The highest BCUT2D eigenvalue weighted by Gasteiger charge is 2.16. The molecule has 0 spiro atoms. The molecule has 1 fully saturated rings. The van der Waals surface area contributed by atoms with Crippen molar-refractivity contribution in [3.05, 3.63) is 65.9 Å². The molecule has 1 amide bonds. The molecule has 0 aliphatic carbocycles. The number of fused-ring (bicyclic) bond motifs is 1. The molecule has 1 saturated heterocycles. The zero-order chi connectivity index (χ0) is 22.5. The van der Waals surface area contributed by atoms with E-state index in [1.807, 2.05) is 30.3 Å². The number of rotatable bonds is 6. The SMILES string of the molecule is COc1ccc(C(=O)C=Cc2cc(N3CCOCC3)c3ccccc3n2)c(NC(=O)O)c1. The molecule has 0 saturated carbocycles. The molecule has 0 bridgehead atoms. The smallest absolute Gasteiger partial charge is 0.409 e. The van der Waals surface area contributed by atoms with Crippen LogP contribution in [0.1, 0.15) is 16.1 Å². The number of nitrogens with one attached hydrogen (secondary N) is 1. The molecule has 164 valence electrons. The molecule has 2 heterocycles. The fourth-order valence-electron chi connectivity index (χ4n) is 3.66. The second-order valence-electron chi connectivity index (χ2n) is 7.22. The van der Waals surface area contributed by atoms with Gasteiger partial charge in [-0.3, -0.25) is 10.1 Å². The predicted octanol–water partition coefficient (Wildman–Crippen LogP) is 4.07. The van der Waals surface area contributed by atoms with Crippen LogP contribution in [0.3, 0.4) is 0 Å². The first-order valence-electron chi connectivity index (χ1n) is 10.2. The summed E-state index contributed by atoms with van der Waals surface area (Å²) in [7, 11) is 1.47. The number of anilines is 2. The number of ether oxygens (including phenoxy) is 2. The van der Waals surface area contributed by atoms with Gasteiger partial charge in [0.25, 0.3) is 0 Å². The number of hydrogen-bond acceptors (Lipinski definition) is 6. The van der Waals surface area contributed by atoms with Gasteiger partial charge in [-0.15, -0.1) is 0 Å². The van der Waals surface area contributed by atoms with Crippen LogP contribution in [0.15, 0.2) is 54.6 Å². The van der Waals surface area contributed by atoms with Crippen LogP contribution in [0.4, 0.5) is 16.2 Å². The molecule has 1 aliphatic rings. The Hall–Kier alpha value is -3.91. The summed E-state index contributed by atoms with van der Waals surface area (Å²) in [6, 6.07) is 14.5. The molecule has 3 aromatic rings. The van der Waals surface area contributed by atoms with Gasteiger partial charge in [0.2, 0.25) is 0 Å². The molecule has 2 aromatic carbocycles. The number of morpholine rings is 1. The number of aromatic nitrogens is 1. The first-order chi connectivity index (χ1) is 15.5. The largest absolute Gasteiger partial charge is 0.497 e. The molecular formula is C24H23N3O5. The van der Waals surface area contributed by atoms with Crippen LogP contribution in [0.5, 0.6) is 5.75 Å². The van der Waals surface area contributed by atoms with E-state index in [4.69, 9.17) is 14.6 Å². The van der Waals surface area contributed by atoms with E-state index in [-0.39, 0.29) is 17.0 Å². The number of carbonyl (C=O) groups excluding carboxylic acids is 1. The number of ketones is 1. The summed E-state index contributed by atoms with van der Waals surface area (Å²) in [4.78, 5) is 30.9. The van der Waals surface area contributed by atoms with Crippen molar-refractivity contribution in [1.29, 1.82) is 0 Å². The summed E-state index contributed by atoms with van der Waals surface area (Å²) in [6.45, 7) is 2.90. The summed E-state index contributed by atoms with van der Waals surface area (Å²) in [5.41, 5.74) is 2.90. The lowest BCUT2D eigenvalue weighted by atomic mass is 10.1. The Morgan fingerprint density at radius 2 is 1.94 bits per heavy atom. The van der Waals surface area contributed by atoms with Crippen LogP contribution >= 0.6 is 0 Å². The van der Waals surface area contributed by atoms with Crippen LogP contribution in [0.25, 0.3) is 17.0 Å². The number of hydrogen-bond donors (Lipinski definition) is 2. The van der Waals surface area contributed by atoms with Crippen molar-refractivity contribution in [3.8, 4) is 5.75 Å². The topological polar surface area (TPSA) is 101 Å². The number of carboxylic acid groups (broad SMARTS) is 1. The Bertz CT molecular complexity index is 1190. The Morgan fingerprint density at radius 3 is 2.69 bits per heavy atom. The lowest BCUT2D eigenvalue weighted by molar-refractivity contribution is 0.104. The highest BCUT2D eigenvalue weighted by molar-refractivity contribution is 6.12. The monoisotopic (exact) mass is 433 g/mol. The first kappa shape index (κ1) is 21.3. The van der Waals surface area contributed by atoms with Gasteiger partial charge in [-0.1, -0.05) is 18.2 Å². The third-order valence-corrected chi connectivity index (χ3v) is 5.21. The normalized spacial score (nSPS) is 14.0. The van der Waals surface area contributed by atoms with Gasteiger partial charge in [-0.2, -0.15) is 0 Å². The zero-order valence-electron chi connectivity index (χ0n) is 17.6. The highest BCUT2D eigenvalue weighted by atomic mass is 16.5. The lowest BCUT2D eigenvalue weighted by Gasteiger charge is -2.30. The Morgan fingerprint density at radius 1 is 1.16 bits per heavy atom. The molecule has 4 rings (SSSR count).